The van der Waals surface area contributed by atoms with Gasteiger partial charge in [0.05, 0.1) is 0 Å². The molecule has 3 unspecified atom stereocenters. The van der Waals surface area contributed by atoms with Crippen molar-refractivity contribution in [3.8, 4) is 11.8 Å². The van der Waals surface area contributed by atoms with Gasteiger partial charge in [-0.25, -0.2) is 0 Å². The Labute approximate surface area is 161 Å². The first-order valence-corrected chi connectivity index (χ1v) is 9.89. The molecular formula is C24H28N2O. The van der Waals surface area contributed by atoms with Crippen molar-refractivity contribution in [2.24, 2.45) is 5.92 Å². The number of nitrogens with zero attached hydrogens (tertiary/aromatic N) is 2. The third kappa shape index (κ3) is 3.04. The first-order valence-electron chi connectivity index (χ1n) is 9.89. The number of likely N-dealkylation sites (tertiary alicyclic amines) is 1. The predicted molar refractivity (Wildman–Crippen MR) is 113 cm³/mol. The topological polar surface area (TPSA) is 28.4 Å². The Morgan fingerprint density at radius 1 is 1.11 bits per heavy atom. The second-order valence-corrected chi connectivity index (χ2v) is 8.06. The van der Waals surface area contributed by atoms with Crippen molar-refractivity contribution in [2.75, 3.05) is 13.6 Å². The minimum atomic E-state index is -0.918. The molecular weight excluding hydrogens is 332 g/mol. The van der Waals surface area contributed by atoms with E-state index >= 15 is 0 Å². The van der Waals surface area contributed by atoms with E-state index in [2.05, 4.69) is 91.6 Å². The quantitative estimate of drug-likeness (QED) is 0.657. The fourth-order valence-corrected chi connectivity index (χ4v) is 4.40. The minimum Gasteiger partial charge on any atom is -0.377 e. The number of piperidine rings is 1. The van der Waals surface area contributed by atoms with Gasteiger partial charge in [0.1, 0.15) is 5.60 Å². The summed E-state index contributed by atoms with van der Waals surface area (Å²) in [5.41, 5.74) is 2.55. The van der Waals surface area contributed by atoms with Gasteiger partial charge in [-0.05, 0) is 45.2 Å². The van der Waals surface area contributed by atoms with Crippen LogP contribution < -0.4 is 0 Å². The number of rotatable bonds is 1. The summed E-state index contributed by atoms with van der Waals surface area (Å²) in [5.74, 6) is 6.63. The summed E-state index contributed by atoms with van der Waals surface area (Å²) >= 11 is 0. The molecule has 0 aliphatic carbocycles. The molecule has 1 fully saturated rings. The van der Waals surface area contributed by atoms with Gasteiger partial charge in [-0.15, -0.1) is 0 Å². The highest BCUT2D eigenvalue weighted by Crippen LogP contribution is 2.31. The van der Waals surface area contributed by atoms with E-state index in [1.807, 2.05) is 0 Å². The van der Waals surface area contributed by atoms with Crippen molar-refractivity contribution in [2.45, 2.75) is 45.4 Å². The van der Waals surface area contributed by atoms with Gasteiger partial charge in [-0.3, -0.25) is 0 Å². The average Bonchev–Trinajstić information content (AvgIpc) is 2.98. The number of benzene rings is 2. The van der Waals surface area contributed by atoms with E-state index in [9.17, 15) is 5.11 Å². The molecule has 3 atom stereocenters. The molecule has 1 aliphatic heterocycles. The Balaban J connectivity index is 1.76. The standard InChI is InChI=1S/C24H28N2O/c1-5-26-22-9-7-6-8-20(22)21-14-19(10-11-23(21)26)12-13-24(27)15-18(3)25(4)16-17(24)2/h6-11,14,17-18,27H,5,15-16H2,1-4H3. The van der Waals surface area contributed by atoms with Crippen LogP contribution in [0.2, 0.25) is 0 Å². The van der Waals surface area contributed by atoms with Crippen molar-refractivity contribution < 1.29 is 5.11 Å². The SMILES string of the molecule is CCn1c2ccccc2c2cc(C#CC3(O)CC(C)N(C)CC3C)ccc21. The number of hydrogen-bond donors (Lipinski definition) is 1. The van der Waals surface area contributed by atoms with Crippen molar-refractivity contribution >= 4 is 21.8 Å². The lowest BCUT2D eigenvalue weighted by Gasteiger charge is -2.42. The monoisotopic (exact) mass is 360 g/mol. The van der Waals surface area contributed by atoms with Crippen molar-refractivity contribution in [3.63, 3.8) is 0 Å². The summed E-state index contributed by atoms with van der Waals surface area (Å²) in [4.78, 5) is 2.30. The van der Waals surface area contributed by atoms with Crippen LogP contribution in [-0.4, -0.2) is 39.8 Å². The maximum Gasteiger partial charge on any atom is 0.131 e. The summed E-state index contributed by atoms with van der Waals surface area (Å²) in [6.45, 7) is 8.24. The van der Waals surface area contributed by atoms with E-state index < -0.39 is 5.60 Å². The zero-order chi connectivity index (χ0) is 19.2. The van der Waals surface area contributed by atoms with Gasteiger partial charge in [0, 0.05) is 58.8 Å². The lowest BCUT2D eigenvalue weighted by atomic mass is 9.79. The number of aromatic nitrogens is 1. The summed E-state index contributed by atoms with van der Waals surface area (Å²) in [5, 5.41) is 13.6. The molecule has 1 aliphatic rings. The van der Waals surface area contributed by atoms with E-state index in [1.54, 1.807) is 0 Å². The van der Waals surface area contributed by atoms with Gasteiger partial charge < -0.3 is 14.6 Å². The molecule has 1 aromatic heterocycles. The van der Waals surface area contributed by atoms with Gasteiger partial charge in [-0.1, -0.05) is 37.0 Å². The highest BCUT2D eigenvalue weighted by molar-refractivity contribution is 6.08. The smallest absolute Gasteiger partial charge is 0.131 e. The van der Waals surface area contributed by atoms with E-state index in [0.717, 1.165) is 18.7 Å². The van der Waals surface area contributed by atoms with Crippen LogP contribution in [0.4, 0.5) is 0 Å². The fraction of sp³-hybridized carbons (Fsp3) is 0.417. The molecule has 2 aromatic carbocycles. The number of fused-ring (bicyclic) bond motifs is 3. The van der Waals surface area contributed by atoms with Gasteiger partial charge >= 0.3 is 0 Å². The molecule has 2 heterocycles. The number of para-hydroxylation sites is 1. The van der Waals surface area contributed by atoms with Crippen LogP contribution >= 0.6 is 0 Å². The molecule has 3 aromatic rings. The van der Waals surface area contributed by atoms with E-state index in [0.29, 0.717) is 12.5 Å². The highest BCUT2D eigenvalue weighted by Gasteiger charge is 2.39. The Morgan fingerprint density at radius 3 is 2.63 bits per heavy atom. The first-order chi connectivity index (χ1) is 12.9. The summed E-state index contributed by atoms with van der Waals surface area (Å²) in [6, 6.07) is 15.3. The molecule has 27 heavy (non-hydrogen) atoms. The second kappa shape index (κ2) is 6.71. The van der Waals surface area contributed by atoms with Crippen LogP contribution in [0, 0.1) is 17.8 Å². The Morgan fingerprint density at radius 2 is 1.85 bits per heavy atom. The third-order valence-corrected chi connectivity index (χ3v) is 6.25. The van der Waals surface area contributed by atoms with Crippen molar-refractivity contribution in [1.82, 2.24) is 9.47 Å². The zero-order valence-corrected chi connectivity index (χ0v) is 16.7. The van der Waals surface area contributed by atoms with Crippen LogP contribution in [0.3, 0.4) is 0 Å². The molecule has 1 N–H and O–H groups in total. The molecule has 0 spiro atoms. The van der Waals surface area contributed by atoms with E-state index in [1.165, 1.54) is 21.8 Å². The van der Waals surface area contributed by atoms with E-state index in [-0.39, 0.29) is 5.92 Å². The van der Waals surface area contributed by atoms with Crippen LogP contribution in [-0.2, 0) is 6.54 Å². The van der Waals surface area contributed by atoms with Crippen LogP contribution in [0.5, 0.6) is 0 Å². The maximum absolute atomic E-state index is 11.1. The molecule has 140 valence electrons. The van der Waals surface area contributed by atoms with Gasteiger partial charge in [-0.2, -0.15) is 0 Å². The van der Waals surface area contributed by atoms with Crippen molar-refractivity contribution in [3.05, 3.63) is 48.0 Å². The first kappa shape index (κ1) is 18.1. The lowest BCUT2D eigenvalue weighted by Crippen LogP contribution is -2.52. The number of hydrogen-bond acceptors (Lipinski definition) is 2. The van der Waals surface area contributed by atoms with Gasteiger partial charge in [0.15, 0.2) is 0 Å². The molecule has 3 heteroatoms. The van der Waals surface area contributed by atoms with Gasteiger partial charge in [0.25, 0.3) is 0 Å². The molecule has 0 radical (unpaired) electrons. The molecule has 0 bridgehead atoms. The second-order valence-electron chi connectivity index (χ2n) is 8.06. The Bertz CT molecular complexity index is 1050. The van der Waals surface area contributed by atoms with Crippen LogP contribution in [0.1, 0.15) is 32.8 Å². The zero-order valence-electron chi connectivity index (χ0n) is 16.7. The predicted octanol–water partition coefficient (Wildman–Crippen LogP) is 4.26. The average molecular weight is 361 g/mol. The molecule has 4 rings (SSSR count). The summed E-state index contributed by atoms with van der Waals surface area (Å²) in [6.07, 6.45) is 0.690. The molecule has 0 amide bonds. The van der Waals surface area contributed by atoms with Crippen molar-refractivity contribution in [1.29, 1.82) is 0 Å². The fourth-order valence-electron chi connectivity index (χ4n) is 4.40. The molecule has 0 saturated carbocycles. The van der Waals surface area contributed by atoms with Crippen LogP contribution in [0.25, 0.3) is 21.8 Å². The number of aliphatic hydroxyl groups is 1. The molecule has 3 nitrogen and oxygen atoms in total. The number of aryl methyl sites for hydroxylation is 1. The summed E-state index contributed by atoms with van der Waals surface area (Å²) in [7, 11) is 2.12. The Hall–Kier alpha value is -2.28. The largest absolute Gasteiger partial charge is 0.377 e. The minimum absolute atomic E-state index is 0.136. The lowest BCUT2D eigenvalue weighted by molar-refractivity contribution is -0.0346. The molecule has 1 saturated heterocycles. The van der Waals surface area contributed by atoms with Crippen LogP contribution in [0.15, 0.2) is 42.5 Å². The summed E-state index contributed by atoms with van der Waals surface area (Å²) < 4.78 is 2.34. The van der Waals surface area contributed by atoms with E-state index in [4.69, 9.17) is 0 Å². The Kier molecular flexibility index (Phi) is 4.50. The van der Waals surface area contributed by atoms with Gasteiger partial charge in [0.2, 0.25) is 0 Å². The normalized spacial score (nSPS) is 26.3. The maximum atomic E-state index is 11.1. The third-order valence-electron chi connectivity index (χ3n) is 6.25. The highest BCUT2D eigenvalue weighted by atomic mass is 16.3.